The minimum atomic E-state index is -4.37. The third kappa shape index (κ3) is 3.59. The van der Waals surface area contributed by atoms with Gasteiger partial charge >= 0.3 is 6.18 Å². The van der Waals surface area contributed by atoms with Gasteiger partial charge in [0.05, 0.1) is 11.1 Å². The summed E-state index contributed by atoms with van der Waals surface area (Å²) in [4.78, 5) is 4.89. The summed E-state index contributed by atoms with van der Waals surface area (Å²) in [6.07, 6.45) is -2.21. The Bertz CT molecular complexity index is 569. The van der Waals surface area contributed by atoms with Crippen molar-refractivity contribution < 1.29 is 13.2 Å². The zero-order chi connectivity index (χ0) is 14.8. The fraction of sp³-hybridized carbons (Fsp3) is 0.308. The van der Waals surface area contributed by atoms with E-state index in [1.54, 1.807) is 24.8 Å². The summed E-state index contributed by atoms with van der Waals surface area (Å²) in [6.45, 7) is 0. The van der Waals surface area contributed by atoms with E-state index >= 15 is 0 Å². The van der Waals surface area contributed by atoms with Gasteiger partial charge in [0, 0.05) is 28.0 Å². The van der Waals surface area contributed by atoms with E-state index in [1.165, 1.54) is 17.4 Å². The molecule has 0 saturated heterocycles. The third-order valence-electron chi connectivity index (χ3n) is 2.93. The molecule has 0 spiro atoms. The highest BCUT2D eigenvalue weighted by Gasteiger charge is 2.35. The van der Waals surface area contributed by atoms with E-state index in [-0.39, 0.29) is 5.56 Å². The number of hydrogen-bond donors (Lipinski definition) is 1. The SMILES string of the molecule is CNC(Cc1cncs1)c1ccc(Br)cc1C(F)(F)F. The normalized spacial score (nSPS) is 13.4. The summed E-state index contributed by atoms with van der Waals surface area (Å²) in [5, 5.41) is 2.95. The first-order valence-corrected chi connectivity index (χ1v) is 7.50. The van der Waals surface area contributed by atoms with Crippen LogP contribution in [-0.2, 0) is 12.6 Å². The van der Waals surface area contributed by atoms with Crippen molar-refractivity contribution in [3.63, 3.8) is 0 Å². The predicted octanol–water partition coefficient (Wildman–Crippen LogP) is 4.43. The number of alkyl halides is 3. The number of nitrogens with zero attached hydrogens (tertiary/aromatic N) is 1. The Balaban J connectivity index is 2.38. The number of nitrogens with one attached hydrogen (secondary N) is 1. The number of thiazole rings is 1. The summed E-state index contributed by atoms with van der Waals surface area (Å²) >= 11 is 4.53. The summed E-state index contributed by atoms with van der Waals surface area (Å²) in [7, 11) is 1.66. The average molecular weight is 365 g/mol. The van der Waals surface area contributed by atoms with E-state index in [2.05, 4.69) is 26.2 Å². The van der Waals surface area contributed by atoms with Crippen LogP contribution in [0.3, 0.4) is 0 Å². The summed E-state index contributed by atoms with van der Waals surface area (Å²) in [6, 6.07) is 3.85. The summed E-state index contributed by atoms with van der Waals surface area (Å²) < 4.78 is 39.9. The van der Waals surface area contributed by atoms with Crippen LogP contribution in [0.15, 0.2) is 34.4 Å². The molecule has 1 aromatic carbocycles. The van der Waals surface area contributed by atoms with E-state index in [9.17, 15) is 13.2 Å². The van der Waals surface area contributed by atoms with E-state index in [4.69, 9.17) is 0 Å². The standard InChI is InChI=1S/C13H12BrF3N2S/c1-18-12(5-9-6-19-7-20-9)10-3-2-8(14)4-11(10)13(15,16)17/h2-4,6-7,12,18H,5H2,1H3. The molecule has 1 unspecified atom stereocenters. The van der Waals surface area contributed by atoms with Crippen molar-refractivity contribution in [1.82, 2.24) is 10.3 Å². The fourth-order valence-corrected chi connectivity index (χ4v) is 2.99. The molecule has 2 aromatic rings. The topological polar surface area (TPSA) is 24.9 Å². The van der Waals surface area contributed by atoms with Gasteiger partial charge in [0.2, 0.25) is 0 Å². The quantitative estimate of drug-likeness (QED) is 0.867. The van der Waals surface area contributed by atoms with Crippen molar-refractivity contribution >= 4 is 27.3 Å². The number of benzene rings is 1. The molecule has 0 bridgehead atoms. The lowest BCUT2D eigenvalue weighted by atomic mass is 9.97. The second kappa shape index (κ2) is 6.24. The lowest BCUT2D eigenvalue weighted by Gasteiger charge is -2.21. The Hall–Kier alpha value is -0.920. The van der Waals surface area contributed by atoms with Gasteiger partial charge in [0.1, 0.15) is 0 Å². The number of aromatic nitrogens is 1. The Morgan fingerprint density at radius 1 is 1.40 bits per heavy atom. The van der Waals surface area contributed by atoms with Crippen LogP contribution in [0.25, 0.3) is 0 Å². The molecule has 2 rings (SSSR count). The molecule has 108 valence electrons. The fourth-order valence-electron chi connectivity index (χ4n) is 1.99. The Morgan fingerprint density at radius 2 is 2.15 bits per heavy atom. The molecule has 0 aliphatic rings. The van der Waals surface area contributed by atoms with E-state index in [0.29, 0.717) is 10.9 Å². The van der Waals surface area contributed by atoms with Gasteiger partial charge in [-0.3, -0.25) is 4.98 Å². The maximum Gasteiger partial charge on any atom is 0.416 e. The molecular formula is C13H12BrF3N2S. The molecule has 1 heterocycles. The molecule has 0 fully saturated rings. The smallest absolute Gasteiger partial charge is 0.313 e. The maximum atomic E-state index is 13.1. The van der Waals surface area contributed by atoms with Gasteiger partial charge in [0.25, 0.3) is 0 Å². The highest BCUT2D eigenvalue weighted by Crippen LogP contribution is 2.37. The van der Waals surface area contributed by atoms with Crippen LogP contribution in [0.2, 0.25) is 0 Å². The zero-order valence-electron chi connectivity index (χ0n) is 10.5. The first-order chi connectivity index (χ1) is 9.41. The van der Waals surface area contributed by atoms with E-state index in [1.807, 2.05) is 0 Å². The maximum absolute atomic E-state index is 13.1. The van der Waals surface area contributed by atoms with Crippen LogP contribution >= 0.6 is 27.3 Å². The Morgan fingerprint density at radius 3 is 2.70 bits per heavy atom. The summed E-state index contributed by atoms with van der Waals surface area (Å²) in [5.74, 6) is 0. The van der Waals surface area contributed by atoms with Gasteiger partial charge in [-0.2, -0.15) is 13.2 Å². The van der Waals surface area contributed by atoms with Crippen molar-refractivity contribution in [2.45, 2.75) is 18.6 Å². The second-order valence-electron chi connectivity index (χ2n) is 4.24. The van der Waals surface area contributed by atoms with Crippen molar-refractivity contribution in [2.24, 2.45) is 0 Å². The van der Waals surface area contributed by atoms with Crippen molar-refractivity contribution in [3.05, 3.63) is 50.4 Å². The molecule has 0 amide bonds. The molecule has 20 heavy (non-hydrogen) atoms. The minimum Gasteiger partial charge on any atom is -0.313 e. The zero-order valence-corrected chi connectivity index (χ0v) is 12.9. The van der Waals surface area contributed by atoms with Crippen LogP contribution in [0.1, 0.15) is 22.0 Å². The summed E-state index contributed by atoms with van der Waals surface area (Å²) in [5.41, 5.74) is 1.31. The van der Waals surface area contributed by atoms with Crippen LogP contribution in [0, 0.1) is 0 Å². The average Bonchev–Trinajstić information content (AvgIpc) is 2.88. The molecular weight excluding hydrogens is 353 g/mol. The molecule has 0 saturated carbocycles. The largest absolute Gasteiger partial charge is 0.416 e. The van der Waals surface area contributed by atoms with Gasteiger partial charge in [-0.15, -0.1) is 11.3 Å². The van der Waals surface area contributed by atoms with Gasteiger partial charge in [-0.25, -0.2) is 0 Å². The van der Waals surface area contributed by atoms with E-state index in [0.717, 1.165) is 10.9 Å². The van der Waals surface area contributed by atoms with Crippen molar-refractivity contribution in [1.29, 1.82) is 0 Å². The molecule has 0 radical (unpaired) electrons. The molecule has 0 aliphatic carbocycles. The van der Waals surface area contributed by atoms with Crippen LogP contribution in [0.4, 0.5) is 13.2 Å². The predicted molar refractivity (Wildman–Crippen MR) is 76.8 cm³/mol. The molecule has 0 aliphatic heterocycles. The molecule has 1 aromatic heterocycles. The monoisotopic (exact) mass is 364 g/mol. The lowest BCUT2D eigenvalue weighted by molar-refractivity contribution is -0.138. The number of hydrogen-bond acceptors (Lipinski definition) is 3. The van der Waals surface area contributed by atoms with Crippen LogP contribution in [0.5, 0.6) is 0 Å². The van der Waals surface area contributed by atoms with Gasteiger partial charge < -0.3 is 5.32 Å². The number of halogens is 4. The van der Waals surface area contributed by atoms with Crippen LogP contribution in [-0.4, -0.2) is 12.0 Å². The molecule has 1 N–H and O–H groups in total. The highest BCUT2D eigenvalue weighted by atomic mass is 79.9. The molecule has 7 heteroatoms. The second-order valence-corrected chi connectivity index (χ2v) is 6.13. The lowest BCUT2D eigenvalue weighted by Crippen LogP contribution is -2.22. The number of likely N-dealkylation sites (N-methyl/N-ethyl adjacent to an activating group) is 1. The van der Waals surface area contributed by atoms with Gasteiger partial charge in [0.15, 0.2) is 0 Å². The molecule has 1 atom stereocenters. The highest BCUT2D eigenvalue weighted by molar-refractivity contribution is 9.10. The Labute approximate surface area is 127 Å². The van der Waals surface area contributed by atoms with Crippen LogP contribution < -0.4 is 5.32 Å². The third-order valence-corrected chi connectivity index (χ3v) is 4.23. The first kappa shape index (κ1) is 15.5. The Kier molecular flexibility index (Phi) is 4.82. The van der Waals surface area contributed by atoms with Gasteiger partial charge in [-0.1, -0.05) is 22.0 Å². The molecule has 2 nitrogen and oxygen atoms in total. The van der Waals surface area contributed by atoms with E-state index < -0.39 is 17.8 Å². The van der Waals surface area contributed by atoms with Gasteiger partial charge in [-0.05, 0) is 24.7 Å². The minimum absolute atomic E-state index is 0.247. The van der Waals surface area contributed by atoms with Crippen molar-refractivity contribution in [3.8, 4) is 0 Å². The first-order valence-electron chi connectivity index (χ1n) is 5.83. The van der Waals surface area contributed by atoms with Crippen molar-refractivity contribution in [2.75, 3.05) is 7.05 Å². The number of rotatable bonds is 4.